The summed E-state index contributed by atoms with van der Waals surface area (Å²) >= 11 is 1.56. The van der Waals surface area contributed by atoms with Crippen molar-refractivity contribution in [2.75, 3.05) is 0 Å². The molecule has 118 valence electrons. The van der Waals surface area contributed by atoms with Crippen LogP contribution in [-0.4, -0.2) is 29.0 Å². The standard InChI is InChI=1S/C14H24N4O2S/c1-6-8(2)16-13(19)10(4)18-14(20)15-7-12-17-9(3)11(5)21-12/h8,10H,6-7H2,1-5H3,(H,16,19)(H2,15,18,20). The minimum atomic E-state index is -0.571. The van der Waals surface area contributed by atoms with Gasteiger partial charge in [0.1, 0.15) is 11.0 Å². The molecule has 0 radical (unpaired) electrons. The number of nitrogens with zero attached hydrogens (tertiary/aromatic N) is 1. The van der Waals surface area contributed by atoms with Gasteiger partial charge in [0.25, 0.3) is 0 Å². The molecule has 0 aliphatic carbocycles. The molecular weight excluding hydrogens is 288 g/mol. The minimum absolute atomic E-state index is 0.103. The van der Waals surface area contributed by atoms with Crippen LogP contribution in [0.1, 0.15) is 42.8 Å². The first-order valence-electron chi connectivity index (χ1n) is 7.11. The minimum Gasteiger partial charge on any atom is -0.352 e. The van der Waals surface area contributed by atoms with Crippen molar-refractivity contribution in [1.29, 1.82) is 0 Å². The molecule has 1 aromatic rings. The summed E-state index contributed by atoms with van der Waals surface area (Å²) in [4.78, 5) is 29.0. The number of carbonyl (C=O) groups excluding carboxylic acids is 2. The fraction of sp³-hybridized carbons (Fsp3) is 0.643. The lowest BCUT2D eigenvalue weighted by molar-refractivity contribution is -0.123. The number of rotatable bonds is 6. The highest BCUT2D eigenvalue weighted by Gasteiger charge is 2.16. The van der Waals surface area contributed by atoms with Crippen molar-refractivity contribution in [2.24, 2.45) is 0 Å². The Morgan fingerprint density at radius 2 is 1.90 bits per heavy atom. The SMILES string of the molecule is CCC(C)NC(=O)C(C)NC(=O)NCc1nc(C)c(C)s1. The number of amides is 3. The van der Waals surface area contributed by atoms with Gasteiger partial charge in [-0.3, -0.25) is 4.79 Å². The smallest absolute Gasteiger partial charge is 0.315 e. The maximum absolute atomic E-state index is 11.8. The van der Waals surface area contributed by atoms with Crippen LogP contribution >= 0.6 is 11.3 Å². The molecule has 1 heterocycles. The van der Waals surface area contributed by atoms with Crippen LogP contribution in [0.5, 0.6) is 0 Å². The Morgan fingerprint density at radius 3 is 2.43 bits per heavy atom. The zero-order chi connectivity index (χ0) is 16.0. The third-order valence-electron chi connectivity index (χ3n) is 3.21. The quantitative estimate of drug-likeness (QED) is 0.750. The summed E-state index contributed by atoms with van der Waals surface area (Å²) < 4.78 is 0. The van der Waals surface area contributed by atoms with Crippen molar-refractivity contribution < 1.29 is 9.59 Å². The van der Waals surface area contributed by atoms with Gasteiger partial charge in [0.05, 0.1) is 12.2 Å². The van der Waals surface area contributed by atoms with Crippen LogP contribution in [0.4, 0.5) is 4.79 Å². The molecule has 3 amide bonds. The lowest BCUT2D eigenvalue weighted by Gasteiger charge is -2.17. The Labute approximate surface area is 129 Å². The second kappa shape index (κ2) is 7.97. The number of thiazole rings is 1. The first-order valence-corrected chi connectivity index (χ1v) is 7.92. The number of nitrogens with one attached hydrogen (secondary N) is 3. The summed E-state index contributed by atoms with van der Waals surface area (Å²) in [6.45, 7) is 9.89. The molecular formula is C14H24N4O2S. The number of aromatic nitrogens is 1. The average Bonchev–Trinajstić information content (AvgIpc) is 2.75. The van der Waals surface area contributed by atoms with Crippen molar-refractivity contribution in [3.63, 3.8) is 0 Å². The second-order valence-corrected chi connectivity index (χ2v) is 6.40. The third-order valence-corrected chi connectivity index (χ3v) is 4.29. The topological polar surface area (TPSA) is 83.1 Å². The van der Waals surface area contributed by atoms with Gasteiger partial charge in [-0.15, -0.1) is 11.3 Å². The summed E-state index contributed by atoms with van der Waals surface area (Å²) in [5.41, 5.74) is 0.985. The van der Waals surface area contributed by atoms with Gasteiger partial charge in [-0.05, 0) is 34.1 Å². The van der Waals surface area contributed by atoms with Crippen molar-refractivity contribution in [3.05, 3.63) is 15.6 Å². The molecule has 0 saturated carbocycles. The Bertz CT molecular complexity index is 482. The zero-order valence-electron chi connectivity index (χ0n) is 13.2. The fourth-order valence-corrected chi connectivity index (χ4v) is 2.43. The molecule has 6 nitrogen and oxygen atoms in total. The fourth-order valence-electron chi connectivity index (χ4n) is 1.55. The van der Waals surface area contributed by atoms with Crippen LogP contribution in [0.25, 0.3) is 0 Å². The highest BCUT2D eigenvalue weighted by atomic mass is 32.1. The summed E-state index contributed by atoms with van der Waals surface area (Å²) in [5.74, 6) is -0.180. The lowest BCUT2D eigenvalue weighted by Crippen LogP contribution is -2.49. The molecule has 0 aliphatic rings. The molecule has 2 unspecified atom stereocenters. The van der Waals surface area contributed by atoms with Gasteiger partial charge in [0.15, 0.2) is 0 Å². The van der Waals surface area contributed by atoms with E-state index in [0.29, 0.717) is 6.54 Å². The van der Waals surface area contributed by atoms with Crippen LogP contribution in [0, 0.1) is 13.8 Å². The molecule has 0 aliphatic heterocycles. The van der Waals surface area contributed by atoms with Gasteiger partial charge in [0.2, 0.25) is 5.91 Å². The Balaban J connectivity index is 2.37. The van der Waals surface area contributed by atoms with E-state index >= 15 is 0 Å². The molecule has 2 atom stereocenters. The number of aryl methyl sites for hydroxylation is 2. The highest BCUT2D eigenvalue weighted by Crippen LogP contribution is 2.15. The Kier molecular flexibility index (Phi) is 6.61. The molecule has 0 saturated heterocycles. The Morgan fingerprint density at radius 1 is 1.24 bits per heavy atom. The maximum atomic E-state index is 11.8. The normalized spacial score (nSPS) is 13.4. The monoisotopic (exact) mass is 312 g/mol. The molecule has 0 spiro atoms. The first kappa shape index (κ1) is 17.4. The summed E-state index contributed by atoms with van der Waals surface area (Å²) in [5, 5.41) is 9.01. The van der Waals surface area contributed by atoms with E-state index in [1.54, 1.807) is 18.3 Å². The molecule has 0 aromatic carbocycles. The van der Waals surface area contributed by atoms with Gasteiger partial charge in [-0.2, -0.15) is 0 Å². The molecule has 1 aromatic heterocycles. The first-order chi connectivity index (χ1) is 9.83. The van der Waals surface area contributed by atoms with Crippen molar-refractivity contribution in [3.8, 4) is 0 Å². The van der Waals surface area contributed by atoms with E-state index in [4.69, 9.17) is 0 Å². The summed E-state index contributed by atoms with van der Waals surface area (Å²) in [7, 11) is 0. The largest absolute Gasteiger partial charge is 0.352 e. The number of urea groups is 1. The predicted molar refractivity (Wildman–Crippen MR) is 84.3 cm³/mol. The van der Waals surface area contributed by atoms with E-state index in [1.807, 2.05) is 27.7 Å². The molecule has 7 heteroatoms. The van der Waals surface area contributed by atoms with Gasteiger partial charge in [0, 0.05) is 10.9 Å². The maximum Gasteiger partial charge on any atom is 0.315 e. The van der Waals surface area contributed by atoms with Crippen molar-refractivity contribution >= 4 is 23.3 Å². The molecule has 0 bridgehead atoms. The van der Waals surface area contributed by atoms with Gasteiger partial charge >= 0.3 is 6.03 Å². The van der Waals surface area contributed by atoms with Crippen molar-refractivity contribution in [1.82, 2.24) is 20.9 Å². The van der Waals surface area contributed by atoms with Crippen LogP contribution in [0.15, 0.2) is 0 Å². The summed E-state index contributed by atoms with van der Waals surface area (Å²) in [6, 6.07) is -0.836. The second-order valence-electron chi connectivity index (χ2n) is 5.12. The lowest BCUT2D eigenvalue weighted by atomic mass is 10.2. The molecule has 1 rings (SSSR count). The van der Waals surface area contributed by atoms with Crippen LogP contribution < -0.4 is 16.0 Å². The van der Waals surface area contributed by atoms with E-state index in [2.05, 4.69) is 20.9 Å². The van der Waals surface area contributed by atoms with E-state index in [1.165, 1.54) is 0 Å². The average molecular weight is 312 g/mol. The highest BCUT2D eigenvalue weighted by molar-refractivity contribution is 7.11. The van der Waals surface area contributed by atoms with Crippen LogP contribution in [0.3, 0.4) is 0 Å². The molecule has 21 heavy (non-hydrogen) atoms. The summed E-state index contributed by atoms with van der Waals surface area (Å²) in [6.07, 6.45) is 0.855. The number of hydrogen-bond donors (Lipinski definition) is 3. The van der Waals surface area contributed by atoms with Gasteiger partial charge in [-0.1, -0.05) is 6.92 Å². The Hall–Kier alpha value is -1.63. The molecule has 3 N–H and O–H groups in total. The van der Waals surface area contributed by atoms with Crippen LogP contribution in [-0.2, 0) is 11.3 Å². The van der Waals surface area contributed by atoms with Crippen LogP contribution in [0.2, 0.25) is 0 Å². The van der Waals surface area contributed by atoms with E-state index in [9.17, 15) is 9.59 Å². The van der Waals surface area contributed by atoms with Gasteiger partial charge in [-0.25, -0.2) is 9.78 Å². The van der Waals surface area contributed by atoms with Gasteiger partial charge < -0.3 is 16.0 Å². The number of hydrogen-bond acceptors (Lipinski definition) is 4. The zero-order valence-corrected chi connectivity index (χ0v) is 14.1. The third kappa shape index (κ3) is 5.71. The number of carbonyl (C=O) groups is 2. The van der Waals surface area contributed by atoms with Crippen molar-refractivity contribution in [2.45, 2.75) is 59.7 Å². The molecule has 0 fully saturated rings. The van der Waals surface area contributed by atoms with E-state index in [0.717, 1.165) is 22.0 Å². The predicted octanol–water partition coefficient (Wildman–Crippen LogP) is 1.86. The van der Waals surface area contributed by atoms with E-state index < -0.39 is 6.04 Å². The van der Waals surface area contributed by atoms with E-state index in [-0.39, 0.29) is 18.0 Å².